The SMILES string of the molecule is CC1(CN2CCC(N3CCCCC3)CC2)CCNC1.Cl. The molecule has 3 nitrogen and oxygen atoms in total. The standard InChI is InChI=1S/C16H31N3.ClH/c1-16(7-8-17-13-16)14-18-11-5-15(6-12-18)19-9-3-2-4-10-19;/h15,17H,2-14H2,1H3;1H. The van der Waals surface area contributed by atoms with Crippen molar-refractivity contribution in [2.24, 2.45) is 5.41 Å². The van der Waals surface area contributed by atoms with Gasteiger partial charge < -0.3 is 15.1 Å². The number of hydrogen-bond donors (Lipinski definition) is 1. The fraction of sp³-hybridized carbons (Fsp3) is 1.00. The van der Waals surface area contributed by atoms with E-state index in [4.69, 9.17) is 0 Å². The van der Waals surface area contributed by atoms with Gasteiger partial charge in [-0.15, -0.1) is 12.4 Å². The van der Waals surface area contributed by atoms with Crippen LogP contribution in [-0.2, 0) is 0 Å². The Morgan fingerprint density at radius 2 is 1.75 bits per heavy atom. The predicted octanol–water partition coefficient (Wildman–Crippen LogP) is 2.36. The van der Waals surface area contributed by atoms with Crippen LogP contribution in [0, 0.1) is 5.41 Å². The highest BCUT2D eigenvalue weighted by Crippen LogP contribution is 2.28. The largest absolute Gasteiger partial charge is 0.316 e. The van der Waals surface area contributed by atoms with Gasteiger partial charge in [-0.25, -0.2) is 0 Å². The van der Waals surface area contributed by atoms with Gasteiger partial charge >= 0.3 is 0 Å². The van der Waals surface area contributed by atoms with E-state index in [0.717, 1.165) is 6.04 Å². The van der Waals surface area contributed by atoms with Crippen molar-refractivity contribution in [1.29, 1.82) is 0 Å². The fourth-order valence-corrected chi connectivity index (χ4v) is 4.27. The molecule has 0 aliphatic carbocycles. The van der Waals surface area contributed by atoms with Crippen LogP contribution >= 0.6 is 12.4 Å². The molecule has 0 aromatic carbocycles. The van der Waals surface area contributed by atoms with Gasteiger partial charge in [0.15, 0.2) is 0 Å². The van der Waals surface area contributed by atoms with Gasteiger partial charge in [0.1, 0.15) is 0 Å². The summed E-state index contributed by atoms with van der Waals surface area (Å²) < 4.78 is 0. The van der Waals surface area contributed by atoms with E-state index in [2.05, 4.69) is 22.0 Å². The highest BCUT2D eigenvalue weighted by atomic mass is 35.5. The van der Waals surface area contributed by atoms with Gasteiger partial charge in [0.2, 0.25) is 0 Å². The summed E-state index contributed by atoms with van der Waals surface area (Å²) in [5, 5.41) is 3.53. The first-order valence-electron chi connectivity index (χ1n) is 8.42. The van der Waals surface area contributed by atoms with Crippen molar-refractivity contribution in [2.45, 2.75) is 51.5 Å². The van der Waals surface area contributed by atoms with Crippen LogP contribution in [0.3, 0.4) is 0 Å². The Bertz CT molecular complexity index is 277. The van der Waals surface area contributed by atoms with Crippen LogP contribution in [0.4, 0.5) is 0 Å². The number of hydrogen-bond acceptors (Lipinski definition) is 3. The van der Waals surface area contributed by atoms with Crippen molar-refractivity contribution in [2.75, 3.05) is 45.8 Å². The van der Waals surface area contributed by atoms with Crippen LogP contribution in [-0.4, -0.2) is 61.7 Å². The summed E-state index contributed by atoms with van der Waals surface area (Å²) in [5.74, 6) is 0. The van der Waals surface area contributed by atoms with E-state index in [9.17, 15) is 0 Å². The quantitative estimate of drug-likeness (QED) is 0.863. The maximum atomic E-state index is 3.53. The van der Waals surface area contributed by atoms with Gasteiger partial charge in [-0.05, 0) is 70.2 Å². The van der Waals surface area contributed by atoms with Gasteiger partial charge in [0, 0.05) is 19.1 Å². The van der Waals surface area contributed by atoms with E-state index in [1.807, 2.05) is 0 Å². The smallest absolute Gasteiger partial charge is 0.0120 e. The average Bonchev–Trinajstić information content (AvgIpc) is 2.87. The molecule has 118 valence electrons. The number of nitrogens with one attached hydrogen (secondary N) is 1. The molecule has 3 rings (SSSR count). The van der Waals surface area contributed by atoms with Crippen molar-refractivity contribution in [3.63, 3.8) is 0 Å². The van der Waals surface area contributed by atoms with Crippen LogP contribution in [0.5, 0.6) is 0 Å². The summed E-state index contributed by atoms with van der Waals surface area (Å²) in [6, 6.07) is 0.894. The zero-order valence-electron chi connectivity index (χ0n) is 13.1. The Balaban J connectivity index is 0.00000147. The van der Waals surface area contributed by atoms with Gasteiger partial charge in [0.25, 0.3) is 0 Å². The highest BCUT2D eigenvalue weighted by Gasteiger charge is 2.33. The number of piperidine rings is 2. The van der Waals surface area contributed by atoms with E-state index >= 15 is 0 Å². The molecule has 3 saturated heterocycles. The molecule has 1 atom stereocenters. The average molecular weight is 302 g/mol. The first-order chi connectivity index (χ1) is 9.25. The maximum absolute atomic E-state index is 3.53. The van der Waals surface area contributed by atoms with Gasteiger partial charge in [-0.3, -0.25) is 0 Å². The molecule has 0 radical (unpaired) electrons. The third-order valence-electron chi connectivity index (χ3n) is 5.53. The van der Waals surface area contributed by atoms with Crippen LogP contribution in [0.1, 0.15) is 45.4 Å². The maximum Gasteiger partial charge on any atom is 0.0120 e. The van der Waals surface area contributed by atoms with Crippen molar-refractivity contribution in [1.82, 2.24) is 15.1 Å². The second-order valence-corrected chi connectivity index (χ2v) is 7.34. The molecular formula is C16H32ClN3. The van der Waals surface area contributed by atoms with Gasteiger partial charge in [0.05, 0.1) is 0 Å². The molecule has 3 fully saturated rings. The van der Waals surface area contributed by atoms with E-state index in [1.165, 1.54) is 84.3 Å². The molecule has 0 amide bonds. The normalized spacial score (nSPS) is 34.0. The fourth-order valence-electron chi connectivity index (χ4n) is 4.27. The summed E-state index contributed by atoms with van der Waals surface area (Å²) in [5.41, 5.74) is 0.540. The summed E-state index contributed by atoms with van der Waals surface area (Å²) in [6.45, 7) is 11.6. The molecule has 0 bridgehead atoms. The minimum absolute atomic E-state index is 0. The second-order valence-electron chi connectivity index (χ2n) is 7.34. The Hall–Kier alpha value is 0.170. The summed E-state index contributed by atoms with van der Waals surface area (Å²) in [6.07, 6.45) is 8.50. The third-order valence-corrected chi connectivity index (χ3v) is 5.53. The molecular weight excluding hydrogens is 270 g/mol. The molecule has 0 aromatic heterocycles. The van der Waals surface area contributed by atoms with Crippen molar-refractivity contribution in [3.8, 4) is 0 Å². The topological polar surface area (TPSA) is 18.5 Å². The van der Waals surface area contributed by atoms with E-state index in [0.29, 0.717) is 5.41 Å². The number of likely N-dealkylation sites (tertiary alicyclic amines) is 2. The lowest BCUT2D eigenvalue weighted by atomic mass is 9.88. The minimum atomic E-state index is 0. The Morgan fingerprint density at radius 3 is 2.35 bits per heavy atom. The predicted molar refractivity (Wildman–Crippen MR) is 87.7 cm³/mol. The Kier molecular flexibility index (Phi) is 6.15. The van der Waals surface area contributed by atoms with Crippen LogP contribution < -0.4 is 5.32 Å². The van der Waals surface area contributed by atoms with Crippen LogP contribution in [0.2, 0.25) is 0 Å². The monoisotopic (exact) mass is 301 g/mol. The summed E-state index contributed by atoms with van der Waals surface area (Å²) in [7, 11) is 0. The van der Waals surface area contributed by atoms with E-state index in [1.54, 1.807) is 0 Å². The first-order valence-corrected chi connectivity index (χ1v) is 8.42. The first kappa shape index (κ1) is 16.5. The lowest BCUT2D eigenvalue weighted by Crippen LogP contribution is -2.49. The molecule has 0 saturated carbocycles. The van der Waals surface area contributed by atoms with Gasteiger partial charge in [-0.1, -0.05) is 13.3 Å². The lowest BCUT2D eigenvalue weighted by molar-refractivity contribution is 0.0743. The van der Waals surface area contributed by atoms with Gasteiger partial charge in [-0.2, -0.15) is 0 Å². The van der Waals surface area contributed by atoms with Crippen LogP contribution in [0.25, 0.3) is 0 Å². The zero-order chi connectivity index (χ0) is 13.1. The number of nitrogens with zero attached hydrogens (tertiary/aromatic N) is 2. The molecule has 0 aromatic rings. The lowest BCUT2D eigenvalue weighted by Gasteiger charge is -2.42. The molecule has 3 heterocycles. The molecule has 1 unspecified atom stereocenters. The number of rotatable bonds is 3. The van der Waals surface area contributed by atoms with Crippen molar-refractivity contribution >= 4 is 12.4 Å². The van der Waals surface area contributed by atoms with Crippen molar-refractivity contribution < 1.29 is 0 Å². The minimum Gasteiger partial charge on any atom is -0.316 e. The van der Waals surface area contributed by atoms with E-state index in [-0.39, 0.29) is 12.4 Å². The number of halogens is 1. The molecule has 3 aliphatic heterocycles. The molecule has 1 N–H and O–H groups in total. The summed E-state index contributed by atoms with van der Waals surface area (Å²) >= 11 is 0. The Labute approximate surface area is 130 Å². The zero-order valence-corrected chi connectivity index (χ0v) is 13.9. The molecule has 3 aliphatic rings. The highest BCUT2D eigenvalue weighted by molar-refractivity contribution is 5.85. The third kappa shape index (κ3) is 4.09. The van der Waals surface area contributed by atoms with E-state index < -0.39 is 0 Å². The molecule has 0 spiro atoms. The summed E-state index contributed by atoms with van der Waals surface area (Å²) in [4.78, 5) is 5.51. The second kappa shape index (κ2) is 7.44. The Morgan fingerprint density at radius 1 is 1.05 bits per heavy atom. The van der Waals surface area contributed by atoms with Crippen LogP contribution in [0.15, 0.2) is 0 Å². The molecule has 20 heavy (non-hydrogen) atoms. The van der Waals surface area contributed by atoms with Crippen molar-refractivity contribution in [3.05, 3.63) is 0 Å². The molecule has 4 heteroatoms.